The van der Waals surface area contributed by atoms with Gasteiger partial charge in [0.1, 0.15) is 12.4 Å². The fourth-order valence-corrected chi connectivity index (χ4v) is 3.92. The third-order valence-corrected chi connectivity index (χ3v) is 6.08. The van der Waals surface area contributed by atoms with Crippen molar-refractivity contribution in [1.82, 2.24) is 10.6 Å². The molecule has 30 heavy (non-hydrogen) atoms. The molecule has 0 fully saturated rings. The van der Waals surface area contributed by atoms with Crippen molar-refractivity contribution >= 4 is 15.8 Å². The molecule has 2 aromatic rings. The van der Waals surface area contributed by atoms with Crippen molar-refractivity contribution in [2.75, 3.05) is 39.2 Å². The van der Waals surface area contributed by atoms with E-state index >= 15 is 0 Å². The molecule has 0 atom stereocenters. The molecule has 164 valence electrons. The van der Waals surface area contributed by atoms with E-state index in [-0.39, 0.29) is 12.3 Å². The minimum absolute atomic E-state index is 0.0198. The van der Waals surface area contributed by atoms with E-state index in [4.69, 9.17) is 9.47 Å². The van der Waals surface area contributed by atoms with Gasteiger partial charge in [-0.15, -0.1) is 0 Å². The first kappa shape index (κ1) is 23.7. The van der Waals surface area contributed by atoms with E-state index in [0.29, 0.717) is 37.2 Å². The van der Waals surface area contributed by atoms with E-state index in [0.717, 1.165) is 16.9 Å². The fourth-order valence-electron chi connectivity index (χ4n) is 2.75. The second-order valence-electron chi connectivity index (χ2n) is 6.64. The maximum absolute atomic E-state index is 12.4. The number of aliphatic imine (C=N–C) groups is 1. The van der Waals surface area contributed by atoms with Crippen LogP contribution in [-0.2, 0) is 21.1 Å². The summed E-state index contributed by atoms with van der Waals surface area (Å²) in [6.45, 7) is 6.39. The Hall–Kier alpha value is -2.58. The molecule has 0 spiro atoms. The normalized spacial score (nSPS) is 11.9. The van der Waals surface area contributed by atoms with Crippen molar-refractivity contribution in [2.45, 2.75) is 25.3 Å². The highest BCUT2D eigenvalue weighted by Crippen LogP contribution is 2.20. The Morgan fingerprint density at radius 3 is 2.53 bits per heavy atom. The zero-order chi connectivity index (χ0) is 21.8. The van der Waals surface area contributed by atoms with Crippen LogP contribution in [0.5, 0.6) is 5.75 Å². The predicted octanol–water partition coefficient (Wildman–Crippen LogP) is 2.55. The first-order valence-electron chi connectivity index (χ1n) is 9.98. The lowest BCUT2D eigenvalue weighted by atomic mass is 10.1. The van der Waals surface area contributed by atoms with Crippen molar-refractivity contribution in [3.05, 3.63) is 59.7 Å². The molecular formula is C22H31N3O4S. The fraction of sp³-hybridized carbons (Fsp3) is 0.409. The molecule has 2 N–H and O–H groups in total. The molecule has 0 aliphatic heterocycles. The molecule has 2 aromatic carbocycles. The summed E-state index contributed by atoms with van der Waals surface area (Å²) in [5.74, 6) is 1.30. The second kappa shape index (κ2) is 12.2. The van der Waals surface area contributed by atoms with Crippen molar-refractivity contribution in [3.63, 3.8) is 0 Å². The maximum Gasteiger partial charge on any atom is 0.191 e. The van der Waals surface area contributed by atoms with Crippen LogP contribution >= 0.6 is 0 Å². The van der Waals surface area contributed by atoms with E-state index in [1.807, 2.05) is 32.0 Å². The Morgan fingerprint density at radius 1 is 1.07 bits per heavy atom. The van der Waals surface area contributed by atoms with Crippen molar-refractivity contribution in [2.24, 2.45) is 4.99 Å². The first-order valence-corrected chi connectivity index (χ1v) is 11.6. The number of benzene rings is 2. The molecule has 8 heteroatoms. The SMILES string of the molecule is CCOCCOc1cc(C)ccc1CNC(=NC)NCCS(=O)(=O)c1ccccc1. The Labute approximate surface area is 179 Å². The Morgan fingerprint density at radius 2 is 1.83 bits per heavy atom. The molecule has 0 radical (unpaired) electrons. The summed E-state index contributed by atoms with van der Waals surface area (Å²) >= 11 is 0. The Bertz CT molecular complexity index is 915. The third kappa shape index (κ3) is 7.68. The molecule has 0 aromatic heterocycles. The van der Waals surface area contributed by atoms with Crippen LogP contribution in [0.1, 0.15) is 18.1 Å². The van der Waals surface area contributed by atoms with Gasteiger partial charge in [-0.3, -0.25) is 4.99 Å². The molecule has 2 rings (SSSR count). The molecule has 0 bridgehead atoms. The van der Waals surface area contributed by atoms with Gasteiger partial charge in [0.25, 0.3) is 0 Å². The number of rotatable bonds is 11. The van der Waals surface area contributed by atoms with E-state index in [9.17, 15) is 8.42 Å². The highest BCUT2D eigenvalue weighted by atomic mass is 32.2. The smallest absolute Gasteiger partial charge is 0.191 e. The average Bonchev–Trinajstić information content (AvgIpc) is 2.75. The predicted molar refractivity (Wildman–Crippen MR) is 120 cm³/mol. The van der Waals surface area contributed by atoms with Crippen LogP contribution in [0.2, 0.25) is 0 Å². The topological polar surface area (TPSA) is 89.0 Å². The van der Waals surface area contributed by atoms with Crippen LogP contribution in [0.3, 0.4) is 0 Å². The number of hydrogen-bond acceptors (Lipinski definition) is 5. The number of ether oxygens (including phenoxy) is 2. The quantitative estimate of drug-likeness (QED) is 0.322. The van der Waals surface area contributed by atoms with Crippen LogP contribution in [0.4, 0.5) is 0 Å². The molecule has 0 amide bonds. The van der Waals surface area contributed by atoms with E-state index < -0.39 is 9.84 Å². The number of nitrogens with one attached hydrogen (secondary N) is 2. The zero-order valence-corrected chi connectivity index (χ0v) is 18.7. The van der Waals surface area contributed by atoms with Crippen LogP contribution < -0.4 is 15.4 Å². The van der Waals surface area contributed by atoms with Gasteiger partial charge in [0.2, 0.25) is 0 Å². The third-order valence-electron chi connectivity index (χ3n) is 4.35. The molecule has 0 aliphatic rings. The first-order chi connectivity index (χ1) is 14.5. The van der Waals surface area contributed by atoms with E-state index in [1.165, 1.54) is 0 Å². The number of guanidine groups is 1. The van der Waals surface area contributed by atoms with Crippen molar-refractivity contribution < 1.29 is 17.9 Å². The van der Waals surface area contributed by atoms with Gasteiger partial charge in [-0.1, -0.05) is 30.3 Å². The number of hydrogen-bond donors (Lipinski definition) is 2. The molecular weight excluding hydrogens is 402 g/mol. The second-order valence-corrected chi connectivity index (χ2v) is 8.75. The summed E-state index contributed by atoms with van der Waals surface area (Å²) in [6.07, 6.45) is 0. The maximum atomic E-state index is 12.4. The lowest BCUT2D eigenvalue weighted by molar-refractivity contribution is 0.110. The largest absolute Gasteiger partial charge is 0.491 e. The van der Waals surface area contributed by atoms with Gasteiger partial charge in [0, 0.05) is 32.3 Å². The monoisotopic (exact) mass is 433 g/mol. The van der Waals surface area contributed by atoms with Gasteiger partial charge in [-0.25, -0.2) is 8.42 Å². The van der Waals surface area contributed by atoms with Gasteiger partial charge < -0.3 is 20.1 Å². The standard InChI is InChI=1S/C22H31N3O4S/c1-4-28-13-14-29-21-16-18(2)10-11-19(21)17-25-22(23-3)24-12-15-30(26,27)20-8-6-5-7-9-20/h5-11,16H,4,12-15,17H2,1-3H3,(H2,23,24,25). The minimum Gasteiger partial charge on any atom is -0.491 e. The van der Waals surface area contributed by atoms with Gasteiger partial charge in [-0.05, 0) is 37.6 Å². The van der Waals surface area contributed by atoms with E-state index in [2.05, 4.69) is 15.6 Å². The zero-order valence-electron chi connectivity index (χ0n) is 17.8. The van der Waals surface area contributed by atoms with Crippen LogP contribution in [0.15, 0.2) is 58.4 Å². The molecule has 0 aliphatic carbocycles. The molecule has 0 saturated heterocycles. The van der Waals surface area contributed by atoms with Gasteiger partial charge in [0.15, 0.2) is 15.8 Å². The molecule has 0 saturated carbocycles. The van der Waals surface area contributed by atoms with Gasteiger partial charge in [-0.2, -0.15) is 0 Å². The molecule has 0 heterocycles. The van der Waals surface area contributed by atoms with Crippen LogP contribution in [0.25, 0.3) is 0 Å². The molecule has 0 unspecified atom stereocenters. The average molecular weight is 434 g/mol. The van der Waals surface area contributed by atoms with Crippen molar-refractivity contribution in [3.8, 4) is 5.75 Å². The summed E-state index contributed by atoms with van der Waals surface area (Å²) in [4.78, 5) is 4.49. The number of aryl methyl sites for hydroxylation is 1. The van der Waals surface area contributed by atoms with Crippen molar-refractivity contribution in [1.29, 1.82) is 0 Å². The highest BCUT2D eigenvalue weighted by Gasteiger charge is 2.13. The lowest BCUT2D eigenvalue weighted by Gasteiger charge is -2.15. The molecule has 7 nitrogen and oxygen atoms in total. The summed E-state index contributed by atoms with van der Waals surface area (Å²) < 4.78 is 35.9. The number of sulfone groups is 1. The van der Waals surface area contributed by atoms with Gasteiger partial charge in [0.05, 0.1) is 17.3 Å². The van der Waals surface area contributed by atoms with E-state index in [1.54, 1.807) is 37.4 Å². The van der Waals surface area contributed by atoms with Crippen LogP contribution in [-0.4, -0.2) is 53.5 Å². The summed E-state index contributed by atoms with van der Waals surface area (Å²) in [5.41, 5.74) is 2.09. The summed E-state index contributed by atoms with van der Waals surface area (Å²) in [7, 11) is -1.69. The lowest BCUT2D eigenvalue weighted by Crippen LogP contribution is -2.39. The Balaban J connectivity index is 1.88. The Kier molecular flexibility index (Phi) is 9.63. The van der Waals surface area contributed by atoms with Crippen LogP contribution in [0, 0.1) is 6.92 Å². The minimum atomic E-state index is -3.33. The van der Waals surface area contributed by atoms with Gasteiger partial charge >= 0.3 is 0 Å². The summed E-state index contributed by atoms with van der Waals surface area (Å²) in [6, 6.07) is 14.5. The number of nitrogens with zero attached hydrogens (tertiary/aromatic N) is 1. The summed E-state index contributed by atoms with van der Waals surface area (Å²) in [5, 5.41) is 6.26. The highest BCUT2D eigenvalue weighted by molar-refractivity contribution is 7.91.